The van der Waals surface area contributed by atoms with Gasteiger partial charge < -0.3 is 4.74 Å². The summed E-state index contributed by atoms with van der Waals surface area (Å²) in [5.41, 5.74) is 0. The van der Waals surface area contributed by atoms with Crippen LogP contribution in [0.2, 0.25) is 0 Å². The van der Waals surface area contributed by atoms with Crippen LogP contribution in [0.1, 0.15) is 20.8 Å². The van der Waals surface area contributed by atoms with E-state index in [9.17, 15) is 0 Å². The number of hydrogen-bond acceptors (Lipinski definition) is 1. The number of rotatable bonds is 5. The third-order valence-corrected chi connectivity index (χ3v) is 1.13. The van der Waals surface area contributed by atoms with E-state index in [0.717, 1.165) is 0 Å². The standard InChI is InChI=1S/C9H17O/c1-5-6-10-9(4)7-8(2)3/h5,7-9H,1,6H2,2-4H3/t9-/m0/s1. The first kappa shape index (κ1) is 9.70. The maximum absolute atomic E-state index is 5.33. The molecule has 0 amide bonds. The summed E-state index contributed by atoms with van der Waals surface area (Å²) < 4.78 is 5.33. The molecule has 0 aliphatic heterocycles. The molecule has 0 fully saturated rings. The zero-order valence-corrected chi connectivity index (χ0v) is 7.13. The van der Waals surface area contributed by atoms with Gasteiger partial charge in [-0.2, -0.15) is 0 Å². The Morgan fingerprint density at radius 1 is 1.40 bits per heavy atom. The Morgan fingerprint density at radius 3 is 2.40 bits per heavy atom. The minimum atomic E-state index is 0.248. The average Bonchev–Trinajstić information content (AvgIpc) is 1.82. The van der Waals surface area contributed by atoms with Crippen molar-refractivity contribution in [2.24, 2.45) is 5.92 Å². The first-order chi connectivity index (χ1) is 4.66. The molecule has 0 aromatic heterocycles. The third kappa shape index (κ3) is 5.83. The van der Waals surface area contributed by atoms with Gasteiger partial charge in [0.1, 0.15) is 0 Å². The molecule has 0 unspecified atom stereocenters. The molecular formula is C9H17O. The van der Waals surface area contributed by atoms with E-state index in [1.54, 1.807) is 6.08 Å². The van der Waals surface area contributed by atoms with Crippen LogP contribution in [0.3, 0.4) is 0 Å². The summed E-state index contributed by atoms with van der Waals surface area (Å²) >= 11 is 0. The Bertz CT molecular complexity index is 86.7. The van der Waals surface area contributed by atoms with Crippen molar-refractivity contribution >= 4 is 0 Å². The van der Waals surface area contributed by atoms with Gasteiger partial charge >= 0.3 is 0 Å². The summed E-state index contributed by atoms with van der Waals surface area (Å²) in [6.07, 6.45) is 4.19. The second-order valence-electron chi connectivity index (χ2n) is 2.76. The van der Waals surface area contributed by atoms with Crippen molar-refractivity contribution < 1.29 is 4.74 Å². The van der Waals surface area contributed by atoms with Gasteiger partial charge in [-0.1, -0.05) is 19.9 Å². The lowest BCUT2D eigenvalue weighted by molar-refractivity contribution is 0.105. The van der Waals surface area contributed by atoms with Gasteiger partial charge in [0.25, 0.3) is 0 Å². The third-order valence-electron chi connectivity index (χ3n) is 1.13. The van der Waals surface area contributed by atoms with E-state index < -0.39 is 0 Å². The quantitative estimate of drug-likeness (QED) is 0.534. The molecule has 0 N–H and O–H groups in total. The summed E-state index contributed by atoms with van der Waals surface area (Å²) in [6.45, 7) is 10.6. The Labute approximate surface area is 64.1 Å². The molecule has 0 aromatic rings. The first-order valence-electron chi connectivity index (χ1n) is 3.74. The summed E-state index contributed by atoms with van der Waals surface area (Å²) in [4.78, 5) is 0. The minimum absolute atomic E-state index is 0.248. The van der Waals surface area contributed by atoms with Crippen LogP contribution in [0.25, 0.3) is 0 Å². The summed E-state index contributed by atoms with van der Waals surface area (Å²) in [5.74, 6) is 0.597. The monoisotopic (exact) mass is 141 g/mol. The first-order valence-corrected chi connectivity index (χ1v) is 3.74. The van der Waals surface area contributed by atoms with Crippen molar-refractivity contribution in [1.29, 1.82) is 0 Å². The van der Waals surface area contributed by atoms with E-state index in [-0.39, 0.29) is 6.10 Å². The van der Waals surface area contributed by atoms with E-state index in [2.05, 4.69) is 26.8 Å². The lowest BCUT2D eigenvalue weighted by atomic mass is 10.1. The number of hydrogen-bond donors (Lipinski definition) is 0. The Balaban J connectivity index is 3.24. The molecule has 1 radical (unpaired) electrons. The van der Waals surface area contributed by atoms with Crippen LogP contribution in [-0.2, 0) is 4.74 Å². The molecular weight excluding hydrogens is 124 g/mol. The fraction of sp³-hybridized carbons (Fsp3) is 0.667. The summed E-state index contributed by atoms with van der Waals surface area (Å²) in [6, 6.07) is 0. The van der Waals surface area contributed by atoms with Crippen LogP contribution < -0.4 is 0 Å². The Kier molecular flexibility index (Phi) is 5.32. The van der Waals surface area contributed by atoms with Crippen molar-refractivity contribution in [3.8, 4) is 0 Å². The average molecular weight is 141 g/mol. The predicted molar refractivity (Wildman–Crippen MR) is 44.7 cm³/mol. The van der Waals surface area contributed by atoms with E-state index in [4.69, 9.17) is 4.74 Å². The van der Waals surface area contributed by atoms with Crippen molar-refractivity contribution in [3.63, 3.8) is 0 Å². The molecule has 1 atom stereocenters. The summed E-state index contributed by atoms with van der Waals surface area (Å²) in [7, 11) is 0. The van der Waals surface area contributed by atoms with Gasteiger partial charge in [-0.3, -0.25) is 0 Å². The van der Waals surface area contributed by atoms with Crippen LogP contribution in [0.4, 0.5) is 0 Å². The fourth-order valence-corrected chi connectivity index (χ4v) is 0.817. The highest BCUT2D eigenvalue weighted by Gasteiger charge is 2.03. The Hall–Kier alpha value is -0.300. The lowest BCUT2D eigenvalue weighted by Crippen LogP contribution is -2.11. The molecule has 0 saturated carbocycles. The smallest absolute Gasteiger partial charge is 0.0648 e. The van der Waals surface area contributed by atoms with Crippen molar-refractivity contribution in [3.05, 3.63) is 19.1 Å². The van der Waals surface area contributed by atoms with Crippen molar-refractivity contribution in [2.75, 3.05) is 6.61 Å². The molecule has 0 bridgehead atoms. The molecule has 1 nitrogen and oxygen atoms in total. The second-order valence-corrected chi connectivity index (χ2v) is 2.76. The minimum Gasteiger partial charge on any atom is -0.374 e. The van der Waals surface area contributed by atoms with Gasteiger partial charge in [-0.05, 0) is 19.3 Å². The van der Waals surface area contributed by atoms with Crippen molar-refractivity contribution in [1.82, 2.24) is 0 Å². The van der Waals surface area contributed by atoms with Gasteiger partial charge in [0, 0.05) is 0 Å². The maximum Gasteiger partial charge on any atom is 0.0648 e. The fourth-order valence-electron chi connectivity index (χ4n) is 0.817. The Morgan fingerprint density at radius 2 is 2.00 bits per heavy atom. The van der Waals surface area contributed by atoms with Gasteiger partial charge in [-0.15, -0.1) is 6.58 Å². The molecule has 1 heteroatoms. The van der Waals surface area contributed by atoms with E-state index in [0.29, 0.717) is 12.5 Å². The molecule has 0 rings (SSSR count). The zero-order chi connectivity index (χ0) is 7.98. The second kappa shape index (κ2) is 5.48. The molecule has 59 valence electrons. The molecule has 0 heterocycles. The highest BCUT2D eigenvalue weighted by Crippen LogP contribution is 2.05. The topological polar surface area (TPSA) is 9.23 Å². The van der Waals surface area contributed by atoms with Gasteiger partial charge in [-0.25, -0.2) is 0 Å². The van der Waals surface area contributed by atoms with Crippen molar-refractivity contribution in [2.45, 2.75) is 26.9 Å². The highest BCUT2D eigenvalue weighted by molar-refractivity contribution is 4.77. The molecule has 0 aliphatic rings. The van der Waals surface area contributed by atoms with E-state index >= 15 is 0 Å². The van der Waals surface area contributed by atoms with E-state index in [1.165, 1.54) is 0 Å². The molecule has 0 aromatic carbocycles. The number of ether oxygens (including phenoxy) is 1. The zero-order valence-electron chi connectivity index (χ0n) is 7.13. The van der Waals surface area contributed by atoms with E-state index in [1.807, 2.05) is 6.92 Å². The normalized spacial score (nSPS) is 13.6. The van der Waals surface area contributed by atoms with Gasteiger partial charge in [0.05, 0.1) is 12.7 Å². The van der Waals surface area contributed by atoms with Crippen LogP contribution in [-0.4, -0.2) is 12.7 Å². The summed E-state index contributed by atoms with van der Waals surface area (Å²) in [5, 5.41) is 0. The molecule has 0 saturated heterocycles. The SMILES string of the molecule is C=CCO[C@@H](C)[CH]C(C)C. The molecule has 0 spiro atoms. The van der Waals surface area contributed by atoms with Crippen LogP contribution in [0.15, 0.2) is 12.7 Å². The lowest BCUT2D eigenvalue weighted by Gasteiger charge is -2.12. The van der Waals surface area contributed by atoms with Crippen LogP contribution >= 0.6 is 0 Å². The van der Waals surface area contributed by atoms with Crippen LogP contribution in [0.5, 0.6) is 0 Å². The van der Waals surface area contributed by atoms with Gasteiger partial charge in [0.2, 0.25) is 0 Å². The predicted octanol–water partition coefficient (Wildman–Crippen LogP) is 2.44. The largest absolute Gasteiger partial charge is 0.374 e. The highest BCUT2D eigenvalue weighted by atomic mass is 16.5. The van der Waals surface area contributed by atoms with Crippen LogP contribution in [0, 0.1) is 12.3 Å². The maximum atomic E-state index is 5.33. The van der Waals surface area contributed by atoms with Gasteiger partial charge in [0.15, 0.2) is 0 Å². The molecule has 10 heavy (non-hydrogen) atoms. The molecule has 0 aliphatic carbocycles.